The fourth-order valence-corrected chi connectivity index (χ4v) is 2.46. The zero-order valence-corrected chi connectivity index (χ0v) is 11.2. The van der Waals surface area contributed by atoms with E-state index in [1.807, 2.05) is 18.2 Å². The molecule has 0 N–H and O–H groups in total. The summed E-state index contributed by atoms with van der Waals surface area (Å²) in [6.07, 6.45) is 0.987. The average molecular weight is 264 g/mol. The SMILES string of the molecule is [C-]#[N+]CCCN1CCN(c2cccc(Cl)c2)CC1. The van der Waals surface area contributed by atoms with Gasteiger partial charge in [0.2, 0.25) is 6.54 Å². The first kappa shape index (κ1) is 13.2. The first-order valence-electron chi connectivity index (χ1n) is 6.35. The third-order valence-corrected chi connectivity index (χ3v) is 3.52. The van der Waals surface area contributed by atoms with Crippen LogP contribution in [0.2, 0.25) is 5.02 Å². The molecule has 0 aromatic heterocycles. The lowest BCUT2D eigenvalue weighted by atomic mass is 10.2. The number of halogens is 1. The van der Waals surface area contributed by atoms with Gasteiger partial charge >= 0.3 is 0 Å². The highest BCUT2D eigenvalue weighted by atomic mass is 35.5. The van der Waals surface area contributed by atoms with Gasteiger partial charge in [0.1, 0.15) is 0 Å². The molecule has 4 heteroatoms. The lowest BCUT2D eigenvalue weighted by Gasteiger charge is -2.35. The van der Waals surface area contributed by atoms with E-state index in [0.717, 1.165) is 44.2 Å². The summed E-state index contributed by atoms with van der Waals surface area (Å²) in [5.41, 5.74) is 1.21. The van der Waals surface area contributed by atoms with Crippen LogP contribution in [0.1, 0.15) is 6.42 Å². The Morgan fingerprint density at radius 2 is 2.00 bits per heavy atom. The molecule has 1 saturated heterocycles. The van der Waals surface area contributed by atoms with Gasteiger partial charge in [-0.15, -0.1) is 0 Å². The third-order valence-electron chi connectivity index (χ3n) is 3.29. The minimum absolute atomic E-state index is 0.647. The van der Waals surface area contributed by atoms with Gasteiger partial charge in [0, 0.05) is 49.9 Å². The van der Waals surface area contributed by atoms with Crippen LogP contribution in [-0.4, -0.2) is 44.2 Å². The Kier molecular flexibility index (Phi) is 4.86. The fourth-order valence-electron chi connectivity index (χ4n) is 2.28. The van der Waals surface area contributed by atoms with Gasteiger partial charge in [-0.3, -0.25) is 4.90 Å². The van der Waals surface area contributed by atoms with Gasteiger partial charge in [-0.05, 0) is 18.2 Å². The normalized spacial score (nSPS) is 16.6. The van der Waals surface area contributed by atoms with E-state index in [0.29, 0.717) is 6.54 Å². The molecule has 0 bridgehead atoms. The van der Waals surface area contributed by atoms with Crippen molar-refractivity contribution in [1.82, 2.24) is 4.90 Å². The van der Waals surface area contributed by atoms with E-state index in [1.54, 1.807) is 0 Å². The topological polar surface area (TPSA) is 10.8 Å². The molecule has 3 nitrogen and oxygen atoms in total. The highest BCUT2D eigenvalue weighted by molar-refractivity contribution is 6.30. The Bertz CT molecular complexity index is 419. The summed E-state index contributed by atoms with van der Waals surface area (Å²) in [7, 11) is 0. The summed E-state index contributed by atoms with van der Waals surface area (Å²) in [4.78, 5) is 8.20. The summed E-state index contributed by atoms with van der Waals surface area (Å²) in [5.74, 6) is 0. The van der Waals surface area contributed by atoms with Crippen LogP contribution in [0.15, 0.2) is 24.3 Å². The molecule has 1 heterocycles. The number of piperazine rings is 1. The zero-order valence-electron chi connectivity index (χ0n) is 10.5. The van der Waals surface area contributed by atoms with Crippen molar-refractivity contribution in [2.24, 2.45) is 0 Å². The van der Waals surface area contributed by atoms with Crippen LogP contribution in [0.5, 0.6) is 0 Å². The van der Waals surface area contributed by atoms with Crippen LogP contribution >= 0.6 is 11.6 Å². The van der Waals surface area contributed by atoms with Crippen molar-refractivity contribution >= 4 is 17.3 Å². The van der Waals surface area contributed by atoms with Crippen molar-refractivity contribution in [2.45, 2.75) is 6.42 Å². The highest BCUT2D eigenvalue weighted by Crippen LogP contribution is 2.20. The largest absolute Gasteiger partial charge is 0.369 e. The number of hydrogen-bond donors (Lipinski definition) is 0. The number of rotatable bonds is 4. The van der Waals surface area contributed by atoms with Crippen LogP contribution in [0, 0.1) is 6.57 Å². The van der Waals surface area contributed by atoms with Crippen molar-refractivity contribution in [3.63, 3.8) is 0 Å². The molecule has 0 radical (unpaired) electrons. The van der Waals surface area contributed by atoms with Crippen molar-refractivity contribution < 1.29 is 0 Å². The number of anilines is 1. The molecule has 1 fully saturated rings. The summed E-state index contributed by atoms with van der Waals surface area (Å²) < 4.78 is 0. The van der Waals surface area contributed by atoms with E-state index in [-0.39, 0.29) is 0 Å². The molecule has 1 aliphatic rings. The van der Waals surface area contributed by atoms with Gasteiger partial charge in [0.05, 0.1) is 0 Å². The molecule has 0 atom stereocenters. The first-order valence-corrected chi connectivity index (χ1v) is 6.73. The smallest absolute Gasteiger partial charge is 0.215 e. The first-order chi connectivity index (χ1) is 8.79. The Morgan fingerprint density at radius 1 is 1.22 bits per heavy atom. The molecule has 1 aliphatic heterocycles. The summed E-state index contributed by atoms with van der Waals surface area (Å²) >= 11 is 6.01. The number of hydrogen-bond acceptors (Lipinski definition) is 2. The van der Waals surface area contributed by atoms with E-state index in [9.17, 15) is 0 Å². The lowest BCUT2D eigenvalue weighted by Crippen LogP contribution is -2.46. The quantitative estimate of drug-likeness (QED) is 0.611. The molecule has 0 amide bonds. The van der Waals surface area contributed by atoms with Crippen molar-refractivity contribution in [1.29, 1.82) is 0 Å². The predicted molar refractivity (Wildman–Crippen MR) is 76.2 cm³/mol. The van der Waals surface area contributed by atoms with Gasteiger partial charge in [-0.2, -0.15) is 0 Å². The molecule has 0 unspecified atom stereocenters. The summed E-state index contributed by atoms with van der Waals surface area (Å²) in [5, 5.41) is 0.798. The molecule has 18 heavy (non-hydrogen) atoms. The Labute approximate surface area is 114 Å². The minimum atomic E-state index is 0.647. The fraction of sp³-hybridized carbons (Fsp3) is 0.500. The maximum Gasteiger partial charge on any atom is 0.215 e. The molecular weight excluding hydrogens is 246 g/mol. The molecule has 0 saturated carbocycles. The number of benzene rings is 1. The van der Waals surface area contributed by atoms with Crippen molar-refractivity contribution in [3.8, 4) is 0 Å². The predicted octanol–water partition coefficient (Wildman–Crippen LogP) is 2.77. The van der Waals surface area contributed by atoms with Crippen LogP contribution in [0.4, 0.5) is 5.69 Å². The van der Waals surface area contributed by atoms with Crippen LogP contribution in [0.3, 0.4) is 0 Å². The van der Waals surface area contributed by atoms with E-state index >= 15 is 0 Å². The maximum absolute atomic E-state index is 6.77. The van der Waals surface area contributed by atoms with Crippen molar-refractivity contribution in [3.05, 3.63) is 40.7 Å². The lowest BCUT2D eigenvalue weighted by molar-refractivity contribution is 0.258. The third kappa shape index (κ3) is 3.63. The zero-order chi connectivity index (χ0) is 12.8. The Balaban J connectivity index is 1.81. The Morgan fingerprint density at radius 3 is 2.67 bits per heavy atom. The second-order valence-electron chi connectivity index (χ2n) is 4.54. The van der Waals surface area contributed by atoms with Gasteiger partial charge < -0.3 is 9.74 Å². The van der Waals surface area contributed by atoms with Gasteiger partial charge in [0.25, 0.3) is 0 Å². The molecule has 1 aromatic rings. The van der Waals surface area contributed by atoms with Crippen LogP contribution < -0.4 is 4.90 Å². The highest BCUT2D eigenvalue weighted by Gasteiger charge is 2.16. The standard InChI is InChI=1S/C14H18ClN3/c1-16-6-3-7-17-8-10-18(11-9-17)14-5-2-4-13(15)12-14/h2,4-5,12H,3,6-11H2. The van der Waals surface area contributed by atoms with Gasteiger partial charge in [-0.1, -0.05) is 17.7 Å². The maximum atomic E-state index is 6.77. The monoisotopic (exact) mass is 263 g/mol. The Hall–Kier alpha value is -1.24. The van der Waals surface area contributed by atoms with E-state index in [1.165, 1.54) is 5.69 Å². The molecule has 2 rings (SSSR count). The van der Waals surface area contributed by atoms with E-state index < -0.39 is 0 Å². The van der Waals surface area contributed by atoms with Crippen molar-refractivity contribution in [2.75, 3.05) is 44.2 Å². The van der Waals surface area contributed by atoms with Gasteiger partial charge in [0.15, 0.2) is 0 Å². The molecular formula is C14H18ClN3. The summed E-state index contributed by atoms with van der Waals surface area (Å²) in [6, 6.07) is 8.04. The second-order valence-corrected chi connectivity index (χ2v) is 4.98. The van der Waals surface area contributed by atoms with Crippen LogP contribution in [-0.2, 0) is 0 Å². The molecule has 0 aliphatic carbocycles. The van der Waals surface area contributed by atoms with E-state index in [4.69, 9.17) is 18.2 Å². The molecule has 0 spiro atoms. The van der Waals surface area contributed by atoms with Gasteiger partial charge in [-0.25, -0.2) is 6.57 Å². The average Bonchev–Trinajstić information content (AvgIpc) is 2.40. The van der Waals surface area contributed by atoms with Crippen LogP contribution in [0.25, 0.3) is 4.85 Å². The molecule has 96 valence electrons. The van der Waals surface area contributed by atoms with E-state index in [2.05, 4.69) is 20.7 Å². The summed E-state index contributed by atoms with van der Waals surface area (Å²) in [6.45, 7) is 12.7. The minimum Gasteiger partial charge on any atom is -0.369 e. The number of nitrogens with zero attached hydrogens (tertiary/aromatic N) is 3. The second kappa shape index (κ2) is 6.63. The molecule has 1 aromatic carbocycles.